The Morgan fingerprint density at radius 3 is 2.39 bits per heavy atom. The van der Waals surface area contributed by atoms with Gasteiger partial charge in [0.1, 0.15) is 5.60 Å². The van der Waals surface area contributed by atoms with Crippen LogP contribution < -0.4 is 0 Å². The molecule has 5 nitrogen and oxygen atoms in total. The van der Waals surface area contributed by atoms with Gasteiger partial charge in [-0.1, -0.05) is 47.5 Å². The second-order valence-electron chi connectivity index (χ2n) is 8.94. The molecule has 0 saturated carbocycles. The summed E-state index contributed by atoms with van der Waals surface area (Å²) < 4.78 is 5.56. The van der Waals surface area contributed by atoms with Crippen molar-refractivity contribution in [2.45, 2.75) is 57.6 Å². The van der Waals surface area contributed by atoms with Crippen molar-refractivity contribution in [2.24, 2.45) is 0 Å². The van der Waals surface area contributed by atoms with Crippen LogP contribution in [-0.4, -0.2) is 34.7 Å². The van der Waals surface area contributed by atoms with Crippen LogP contribution in [0.1, 0.15) is 67.8 Å². The first-order valence-corrected chi connectivity index (χ1v) is 11.0. The Bertz CT molecular complexity index is 1000. The van der Waals surface area contributed by atoms with Crippen molar-refractivity contribution in [3.05, 3.63) is 68.7 Å². The first kappa shape index (κ1) is 23.4. The highest BCUT2D eigenvalue weighted by Gasteiger charge is 2.34. The van der Waals surface area contributed by atoms with Gasteiger partial charge in [-0.2, -0.15) is 0 Å². The first-order chi connectivity index (χ1) is 14.5. The standard InChI is InChI=1S/C24H27Cl2NO4/c1-24(2,3)31-23(30)27(4)21-10-8-16(15-6-9-19(25)20(26)13-15)17-7-5-14(11-18(17)21)12-22(28)29/h5-7,9,11,13,16,21H,8,10,12H2,1-4H3,(H,28,29)/t16-,21-/m0/s1. The number of hydrogen-bond donors (Lipinski definition) is 1. The van der Waals surface area contributed by atoms with Gasteiger partial charge in [0.2, 0.25) is 0 Å². The zero-order valence-electron chi connectivity index (χ0n) is 18.1. The largest absolute Gasteiger partial charge is 0.481 e. The molecule has 1 amide bonds. The van der Waals surface area contributed by atoms with Crippen LogP contribution in [0.15, 0.2) is 36.4 Å². The molecule has 1 N–H and O–H groups in total. The van der Waals surface area contributed by atoms with E-state index < -0.39 is 17.7 Å². The zero-order valence-corrected chi connectivity index (χ0v) is 19.6. The predicted molar refractivity (Wildman–Crippen MR) is 122 cm³/mol. The molecule has 2 atom stereocenters. The Balaban J connectivity index is 2.02. The molecule has 1 aliphatic rings. The van der Waals surface area contributed by atoms with Gasteiger partial charge >= 0.3 is 12.1 Å². The molecule has 0 spiro atoms. The van der Waals surface area contributed by atoms with Crippen LogP contribution in [0.4, 0.5) is 4.79 Å². The van der Waals surface area contributed by atoms with Crippen LogP contribution in [0, 0.1) is 0 Å². The Morgan fingerprint density at radius 2 is 1.77 bits per heavy atom. The second kappa shape index (κ2) is 9.09. The average Bonchev–Trinajstić information content (AvgIpc) is 2.67. The number of carboxylic acid groups (broad SMARTS) is 1. The van der Waals surface area contributed by atoms with Crippen LogP contribution >= 0.6 is 23.2 Å². The van der Waals surface area contributed by atoms with Crippen LogP contribution in [0.2, 0.25) is 10.0 Å². The van der Waals surface area contributed by atoms with E-state index in [-0.39, 0.29) is 18.4 Å². The lowest BCUT2D eigenvalue weighted by molar-refractivity contribution is -0.136. The summed E-state index contributed by atoms with van der Waals surface area (Å²) in [6.45, 7) is 5.50. The molecule has 2 aromatic rings. The quantitative estimate of drug-likeness (QED) is 0.565. The van der Waals surface area contributed by atoms with Crippen molar-refractivity contribution in [1.29, 1.82) is 0 Å². The molecule has 0 unspecified atom stereocenters. The number of carbonyl (C=O) groups is 2. The molecule has 0 aliphatic heterocycles. The monoisotopic (exact) mass is 463 g/mol. The maximum absolute atomic E-state index is 12.7. The number of hydrogen-bond acceptors (Lipinski definition) is 3. The lowest BCUT2D eigenvalue weighted by atomic mass is 9.75. The molecule has 0 bridgehead atoms. The fourth-order valence-corrected chi connectivity index (χ4v) is 4.40. The average molecular weight is 464 g/mol. The fourth-order valence-electron chi connectivity index (χ4n) is 4.09. The summed E-state index contributed by atoms with van der Waals surface area (Å²) in [6.07, 6.45) is 1.04. The minimum absolute atomic E-state index is 0.0758. The molecule has 7 heteroatoms. The summed E-state index contributed by atoms with van der Waals surface area (Å²) in [5.74, 6) is -0.819. The zero-order chi connectivity index (χ0) is 22.9. The van der Waals surface area contributed by atoms with Gasteiger partial charge in [0, 0.05) is 13.0 Å². The summed E-state index contributed by atoms with van der Waals surface area (Å²) in [5.41, 5.74) is 3.13. The van der Waals surface area contributed by atoms with Gasteiger partial charge in [0.05, 0.1) is 22.5 Å². The van der Waals surface area contributed by atoms with Gasteiger partial charge in [-0.05, 0) is 68.0 Å². The van der Waals surface area contributed by atoms with Gasteiger partial charge in [-0.25, -0.2) is 4.79 Å². The molecule has 1 aliphatic carbocycles. The second-order valence-corrected chi connectivity index (χ2v) is 9.76. The van der Waals surface area contributed by atoms with Crippen molar-refractivity contribution in [3.8, 4) is 0 Å². The van der Waals surface area contributed by atoms with Gasteiger partial charge in [0.15, 0.2) is 0 Å². The molecule has 31 heavy (non-hydrogen) atoms. The molecule has 0 aromatic heterocycles. The minimum Gasteiger partial charge on any atom is -0.481 e. The highest BCUT2D eigenvalue weighted by molar-refractivity contribution is 6.42. The third-order valence-corrected chi connectivity index (χ3v) is 6.20. The van der Waals surface area contributed by atoms with E-state index >= 15 is 0 Å². The van der Waals surface area contributed by atoms with E-state index in [0.29, 0.717) is 22.0 Å². The number of benzene rings is 2. The molecular formula is C24H27Cl2NO4. The number of nitrogens with zero attached hydrogens (tertiary/aromatic N) is 1. The Morgan fingerprint density at radius 1 is 1.06 bits per heavy atom. The van der Waals surface area contributed by atoms with Crippen molar-refractivity contribution in [2.75, 3.05) is 7.05 Å². The minimum atomic E-state index is -0.895. The molecule has 0 saturated heterocycles. The van der Waals surface area contributed by atoms with E-state index in [0.717, 1.165) is 23.1 Å². The van der Waals surface area contributed by atoms with Crippen LogP contribution in [0.25, 0.3) is 0 Å². The molecular weight excluding hydrogens is 437 g/mol. The van der Waals surface area contributed by atoms with E-state index in [1.54, 1.807) is 18.0 Å². The van der Waals surface area contributed by atoms with E-state index in [4.69, 9.17) is 27.9 Å². The van der Waals surface area contributed by atoms with Crippen LogP contribution in [-0.2, 0) is 16.0 Å². The Kier molecular flexibility index (Phi) is 6.87. The SMILES string of the molecule is CN(C(=O)OC(C)(C)C)[C@H]1CC[C@@H](c2ccc(Cl)c(Cl)c2)c2ccc(CC(=O)O)cc21. The number of fused-ring (bicyclic) bond motifs is 1. The fraction of sp³-hybridized carbons (Fsp3) is 0.417. The van der Waals surface area contributed by atoms with E-state index in [1.807, 2.05) is 51.1 Å². The van der Waals surface area contributed by atoms with Gasteiger partial charge in [-0.3, -0.25) is 4.79 Å². The molecule has 3 rings (SSSR count). The van der Waals surface area contributed by atoms with Crippen LogP contribution in [0.3, 0.4) is 0 Å². The molecule has 166 valence electrons. The summed E-state index contributed by atoms with van der Waals surface area (Å²) in [7, 11) is 1.73. The first-order valence-electron chi connectivity index (χ1n) is 10.2. The highest BCUT2D eigenvalue weighted by Crippen LogP contribution is 2.45. The number of amides is 1. The summed E-state index contributed by atoms with van der Waals surface area (Å²) in [4.78, 5) is 25.6. The molecule has 0 heterocycles. The maximum Gasteiger partial charge on any atom is 0.410 e. The Hall–Kier alpha value is -2.24. The van der Waals surface area contributed by atoms with Crippen LogP contribution in [0.5, 0.6) is 0 Å². The van der Waals surface area contributed by atoms with Gasteiger partial charge in [0.25, 0.3) is 0 Å². The predicted octanol–water partition coefficient (Wildman–Crippen LogP) is 6.45. The van der Waals surface area contributed by atoms with E-state index in [9.17, 15) is 14.7 Å². The molecule has 0 radical (unpaired) electrons. The van der Waals surface area contributed by atoms with Gasteiger partial charge < -0.3 is 14.7 Å². The highest BCUT2D eigenvalue weighted by atomic mass is 35.5. The maximum atomic E-state index is 12.7. The molecule has 0 fully saturated rings. The number of rotatable bonds is 4. The lowest BCUT2D eigenvalue weighted by Gasteiger charge is -2.38. The third-order valence-electron chi connectivity index (χ3n) is 5.46. The number of ether oxygens (including phenoxy) is 1. The summed E-state index contributed by atoms with van der Waals surface area (Å²) in [5, 5.41) is 10.2. The smallest absolute Gasteiger partial charge is 0.410 e. The number of aliphatic carboxylic acids is 1. The molecule has 2 aromatic carbocycles. The van der Waals surface area contributed by atoms with Gasteiger partial charge in [-0.15, -0.1) is 0 Å². The van der Waals surface area contributed by atoms with Crippen molar-refractivity contribution in [1.82, 2.24) is 4.90 Å². The summed E-state index contributed by atoms with van der Waals surface area (Å²) in [6, 6.07) is 11.1. The van der Waals surface area contributed by atoms with Crippen molar-refractivity contribution >= 4 is 35.3 Å². The number of halogens is 2. The summed E-state index contributed by atoms with van der Waals surface area (Å²) >= 11 is 12.4. The Labute approximate surface area is 192 Å². The lowest BCUT2D eigenvalue weighted by Crippen LogP contribution is -2.38. The number of carboxylic acids is 1. The van der Waals surface area contributed by atoms with Crippen molar-refractivity contribution in [3.63, 3.8) is 0 Å². The third kappa shape index (κ3) is 5.52. The van der Waals surface area contributed by atoms with E-state index in [2.05, 4.69) is 0 Å². The van der Waals surface area contributed by atoms with Crippen molar-refractivity contribution < 1.29 is 19.4 Å². The normalized spacial score (nSPS) is 18.3. The number of carbonyl (C=O) groups excluding carboxylic acids is 1. The van der Waals surface area contributed by atoms with E-state index in [1.165, 1.54) is 0 Å². The topological polar surface area (TPSA) is 66.8 Å².